The van der Waals surface area contributed by atoms with E-state index in [4.69, 9.17) is 0 Å². The topological polar surface area (TPSA) is 0 Å². The van der Waals surface area contributed by atoms with Gasteiger partial charge in [-0.05, 0) is 62.3 Å². The molecule has 0 bridgehead atoms. The van der Waals surface area contributed by atoms with E-state index >= 15 is 0 Å². The summed E-state index contributed by atoms with van der Waals surface area (Å²) in [5, 5.41) is 0. The number of aryl methyl sites for hydroxylation is 2. The molecule has 5 aromatic rings. The molecule has 8 rings (SSSR count). The third-order valence-corrected chi connectivity index (χ3v) is 13.0. The predicted octanol–water partition coefficient (Wildman–Crippen LogP) is 9.37. The Morgan fingerprint density at radius 3 is 1.52 bits per heavy atom. The molecule has 9 heteroatoms. The summed E-state index contributed by atoms with van der Waals surface area (Å²) in [5.74, 6) is 0. The minimum absolute atomic E-state index is 0. The number of hydrogen-bond donors (Lipinski definition) is 0. The Bertz CT molecular complexity index is 2370. The summed E-state index contributed by atoms with van der Waals surface area (Å²) in [6, 6.07) is 25.6. The van der Waals surface area contributed by atoms with E-state index in [9.17, 15) is 26.3 Å². The van der Waals surface area contributed by atoms with Crippen LogP contribution in [0.1, 0.15) is 136 Å². The Morgan fingerprint density at radius 1 is 0.629 bits per heavy atom. The molecule has 0 saturated heterocycles. The minimum Gasteiger partial charge on any atom is -1.00 e. The second-order valence-electron chi connectivity index (χ2n) is 19.7. The van der Waals surface area contributed by atoms with Gasteiger partial charge < -0.3 is 24.8 Å². The Balaban J connectivity index is 0.000000238. The SMILES string of the molecule is CC(C)(C)C1=[C-]C(C)(C)c2cc3c(cc21)-c1cc2c(cc1C3)C(C)(C)C=C2C(C)(C)C.Cc1c[cH-]c(C)c1.FC(F)(F)c1cccc([C](=[Zr+2])c2cccc(C(F)(F)F)c2)c1.[Cl-].[Cl-]. The Morgan fingerprint density at radius 2 is 1.11 bits per heavy atom. The van der Waals surface area contributed by atoms with Gasteiger partial charge in [0.2, 0.25) is 0 Å². The molecular weight excluding hydrogens is 913 g/mol. The van der Waals surface area contributed by atoms with E-state index in [1.54, 1.807) is 0 Å². The van der Waals surface area contributed by atoms with Crippen molar-refractivity contribution >= 4 is 14.4 Å². The van der Waals surface area contributed by atoms with Crippen LogP contribution in [0.5, 0.6) is 0 Å². The maximum absolute atomic E-state index is 12.7. The van der Waals surface area contributed by atoms with E-state index in [0.717, 1.165) is 54.9 Å². The van der Waals surface area contributed by atoms with Gasteiger partial charge in [0.25, 0.3) is 0 Å². The van der Waals surface area contributed by atoms with E-state index in [0.29, 0.717) is 3.21 Å². The van der Waals surface area contributed by atoms with Crippen LogP contribution in [0, 0.1) is 30.8 Å². The van der Waals surface area contributed by atoms with E-state index in [2.05, 4.69) is 138 Å². The van der Waals surface area contributed by atoms with Gasteiger partial charge in [-0.25, -0.2) is 17.2 Å². The van der Waals surface area contributed by atoms with Crippen LogP contribution in [-0.4, -0.2) is 3.21 Å². The van der Waals surface area contributed by atoms with Gasteiger partial charge >= 0.3 is 137 Å². The summed E-state index contributed by atoms with van der Waals surface area (Å²) >= 11 is 0.729. The molecule has 0 nitrogen and oxygen atoms in total. The Labute approximate surface area is 391 Å². The van der Waals surface area contributed by atoms with E-state index < -0.39 is 23.5 Å². The molecule has 0 spiro atoms. The molecule has 0 aliphatic heterocycles. The summed E-state index contributed by atoms with van der Waals surface area (Å²) in [5.41, 5.74) is 16.5. The number of halogens is 8. The van der Waals surface area contributed by atoms with Crippen LogP contribution < -0.4 is 24.8 Å². The van der Waals surface area contributed by atoms with Gasteiger partial charge in [-0.3, -0.25) is 6.08 Å². The first kappa shape index (κ1) is 51.3. The second kappa shape index (κ2) is 17.9. The molecule has 0 saturated carbocycles. The fraction of sp³-hybridized carbons (Fsp3) is 0.358. The minimum atomic E-state index is -4.49. The molecule has 0 radical (unpaired) electrons. The molecule has 0 N–H and O–H groups in total. The van der Waals surface area contributed by atoms with Crippen molar-refractivity contribution in [3.8, 4) is 11.1 Å². The quantitative estimate of drug-likeness (QED) is 0.120. The van der Waals surface area contributed by atoms with Crippen LogP contribution >= 0.6 is 0 Å². The molecule has 3 aliphatic rings. The van der Waals surface area contributed by atoms with Crippen molar-refractivity contribution in [3.63, 3.8) is 0 Å². The van der Waals surface area contributed by atoms with Crippen molar-refractivity contribution in [1.82, 2.24) is 0 Å². The van der Waals surface area contributed by atoms with Crippen LogP contribution in [0.15, 0.2) is 97.1 Å². The van der Waals surface area contributed by atoms with Crippen molar-refractivity contribution in [2.75, 3.05) is 0 Å². The van der Waals surface area contributed by atoms with Crippen molar-refractivity contribution in [2.24, 2.45) is 10.8 Å². The van der Waals surface area contributed by atoms with E-state index in [1.807, 2.05) is 0 Å². The average Bonchev–Trinajstić information content (AvgIpc) is 3.85. The zero-order valence-corrected chi connectivity index (χ0v) is 41.4. The van der Waals surface area contributed by atoms with Crippen LogP contribution in [0.4, 0.5) is 26.3 Å². The van der Waals surface area contributed by atoms with Crippen LogP contribution in [0.25, 0.3) is 22.3 Å². The second-order valence-corrected chi connectivity index (χ2v) is 20.9. The van der Waals surface area contributed by atoms with Crippen molar-refractivity contribution in [2.45, 2.75) is 113 Å². The van der Waals surface area contributed by atoms with Gasteiger partial charge in [-0.1, -0.05) is 107 Å². The average molecular weight is 967 g/mol. The molecule has 0 unspecified atom stereocenters. The predicted molar refractivity (Wildman–Crippen MR) is 232 cm³/mol. The van der Waals surface area contributed by atoms with Crippen molar-refractivity contribution in [3.05, 3.63) is 170 Å². The molecule has 0 aromatic heterocycles. The summed E-state index contributed by atoms with van der Waals surface area (Å²) in [6.45, 7) is 27.6. The Hall–Kier alpha value is -3.38. The van der Waals surface area contributed by atoms with Crippen LogP contribution in [-0.2, 0) is 53.8 Å². The summed E-state index contributed by atoms with van der Waals surface area (Å²) in [4.78, 5) is 0. The monoisotopic (exact) mass is 964 g/mol. The van der Waals surface area contributed by atoms with Gasteiger partial charge in [0, 0.05) is 5.41 Å². The van der Waals surface area contributed by atoms with Crippen molar-refractivity contribution < 1.29 is 75.4 Å². The third kappa shape index (κ3) is 10.8. The number of rotatable bonds is 2. The van der Waals surface area contributed by atoms with Gasteiger partial charge in [-0.2, -0.15) is 23.3 Å². The maximum atomic E-state index is 12.7. The number of fused-ring (bicyclic) bond motifs is 5. The van der Waals surface area contributed by atoms with Crippen LogP contribution in [0.2, 0.25) is 0 Å². The molecular formula is C53H54Cl2F6Zr-2. The number of hydrogen-bond acceptors (Lipinski definition) is 0. The van der Waals surface area contributed by atoms with E-state index in [1.165, 1.54) is 91.0 Å². The third-order valence-electron chi connectivity index (χ3n) is 11.6. The molecule has 62 heavy (non-hydrogen) atoms. The molecule has 328 valence electrons. The van der Waals surface area contributed by atoms with Gasteiger partial charge in [0.15, 0.2) is 0 Å². The molecule has 0 heterocycles. The molecule has 0 amide bonds. The summed E-state index contributed by atoms with van der Waals surface area (Å²) in [6.07, 6.45) is -1.57. The Kier molecular flexibility index (Phi) is 14.8. The largest absolute Gasteiger partial charge is 1.00 e. The summed E-state index contributed by atoms with van der Waals surface area (Å²) in [7, 11) is 0. The van der Waals surface area contributed by atoms with Crippen molar-refractivity contribution in [1.29, 1.82) is 0 Å². The maximum Gasteiger partial charge on any atom is -1.00 e. The van der Waals surface area contributed by atoms with Crippen LogP contribution in [0.3, 0.4) is 0 Å². The fourth-order valence-corrected chi connectivity index (χ4v) is 9.30. The number of allylic oxidation sites excluding steroid dienone is 4. The standard InChI is InChI=1S/C31H37.C15H8F6.C7H9.2ClH.Zr/c1-28(2,3)26-16-30(7,8)24-12-18-11-19-13-25-23(15-21(19)20(18)14-22(24)26)27(29(4,5)6)17-31(25,9)10;16-14(17,18)12-5-1-3-10(8-12)7-11-4-2-6-13(9-11)15(19,20)21;1-6-3-4-7(2)5-6;;;/h12-16H,11H2,1-10H3;1-6,8-9H;3-5H,1-2H3;2*1H;/q-1;;-1;;;+2/p-2. The molecule has 0 fully saturated rings. The first-order valence-corrected chi connectivity index (χ1v) is 21.6. The molecule has 3 aliphatic carbocycles. The number of alkyl halides is 6. The zero-order valence-electron chi connectivity index (χ0n) is 37.5. The van der Waals surface area contributed by atoms with Gasteiger partial charge in [-0.15, -0.1) is 11.6 Å². The molecule has 5 aromatic carbocycles. The smallest absolute Gasteiger partial charge is 1.00 e. The zero-order chi connectivity index (χ0) is 44.5. The first-order valence-electron chi connectivity index (χ1n) is 20.4. The normalized spacial score (nSPS) is 15.5. The molecule has 0 atom stereocenters. The van der Waals surface area contributed by atoms with Gasteiger partial charge in [0.05, 0.1) is 0 Å². The summed E-state index contributed by atoms with van der Waals surface area (Å²) < 4.78 is 76.7. The van der Waals surface area contributed by atoms with E-state index in [-0.39, 0.29) is 57.6 Å². The first-order chi connectivity index (χ1) is 27.5. The van der Waals surface area contributed by atoms with Gasteiger partial charge in [0.1, 0.15) is 0 Å². The number of benzene rings is 4. The fourth-order valence-electron chi connectivity index (χ4n) is 8.53.